The number of hydrogen-bond acceptors (Lipinski definition) is 3. The average Bonchev–Trinajstić information content (AvgIpc) is 2.20. The molecule has 96 valence electrons. The smallest absolute Gasteiger partial charge is 0.348 e. The van der Waals surface area contributed by atoms with Gasteiger partial charge in [-0.25, -0.2) is 0 Å². The van der Waals surface area contributed by atoms with Gasteiger partial charge in [-0.2, -0.15) is 13.2 Å². The molecule has 0 aromatic rings. The van der Waals surface area contributed by atoms with Crippen molar-refractivity contribution in [3.63, 3.8) is 0 Å². The molecule has 0 unspecified atom stereocenters. The number of unbranched alkanes of at least 4 members (excludes halogenated alkanes) is 2. The Labute approximate surface area is 92.8 Å². The van der Waals surface area contributed by atoms with Gasteiger partial charge in [-0.1, -0.05) is 6.42 Å². The van der Waals surface area contributed by atoms with Crippen LogP contribution in [0.25, 0.3) is 0 Å². The van der Waals surface area contributed by atoms with E-state index < -0.39 is 12.1 Å². The summed E-state index contributed by atoms with van der Waals surface area (Å²) in [5.41, 5.74) is 5.25. The maximum absolute atomic E-state index is 11.7. The highest BCUT2D eigenvalue weighted by molar-refractivity contribution is 5.81. The summed E-state index contributed by atoms with van der Waals surface area (Å²) in [6.07, 6.45) is -2.59. The summed E-state index contributed by atoms with van der Waals surface area (Å²) in [5, 5.41) is 4.89. The van der Waals surface area contributed by atoms with Gasteiger partial charge in [0.15, 0.2) is 0 Å². The van der Waals surface area contributed by atoms with Crippen molar-refractivity contribution in [2.75, 3.05) is 26.2 Å². The van der Waals surface area contributed by atoms with Crippen molar-refractivity contribution in [1.82, 2.24) is 10.6 Å². The number of rotatable bonds is 8. The first-order valence-electron chi connectivity index (χ1n) is 5.24. The average molecular weight is 241 g/mol. The number of carbonyl (C=O) groups is 1. The molecule has 0 rings (SSSR count). The second kappa shape index (κ2) is 8.35. The van der Waals surface area contributed by atoms with Crippen molar-refractivity contribution < 1.29 is 18.0 Å². The Morgan fingerprint density at radius 1 is 1.06 bits per heavy atom. The molecule has 1 amide bonds. The highest BCUT2D eigenvalue weighted by atomic mass is 19.4. The van der Waals surface area contributed by atoms with E-state index in [4.69, 9.17) is 5.73 Å². The van der Waals surface area contributed by atoms with Crippen molar-refractivity contribution in [2.45, 2.75) is 25.4 Å². The Bertz CT molecular complexity index is 197. The first-order chi connectivity index (χ1) is 7.48. The summed E-state index contributed by atoms with van der Waals surface area (Å²) in [7, 11) is 0. The van der Waals surface area contributed by atoms with Gasteiger partial charge in [0.05, 0.1) is 0 Å². The van der Waals surface area contributed by atoms with Crippen LogP contribution in [-0.2, 0) is 4.79 Å². The number of nitrogens with one attached hydrogen (secondary N) is 2. The second-order valence-electron chi connectivity index (χ2n) is 3.35. The van der Waals surface area contributed by atoms with Crippen LogP contribution in [0.4, 0.5) is 13.2 Å². The summed E-state index contributed by atoms with van der Waals surface area (Å²) in [6, 6.07) is 0. The van der Waals surface area contributed by atoms with Crippen LogP contribution < -0.4 is 16.4 Å². The fourth-order valence-corrected chi connectivity index (χ4v) is 1.08. The van der Waals surface area contributed by atoms with Gasteiger partial charge in [0.25, 0.3) is 0 Å². The summed E-state index contributed by atoms with van der Waals surface area (Å²) in [6.45, 7) is 2.17. The molecule has 0 fully saturated rings. The monoisotopic (exact) mass is 241 g/mol. The Balaban J connectivity index is 3.25. The van der Waals surface area contributed by atoms with Crippen LogP contribution in [0.15, 0.2) is 0 Å². The summed E-state index contributed by atoms with van der Waals surface area (Å²) >= 11 is 0. The molecule has 0 aromatic heterocycles. The normalized spacial score (nSPS) is 11.5. The fraction of sp³-hybridized carbons (Fsp3) is 0.889. The third-order valence-corrected chi connectivity index (χ3v) is 1.89. The minimum absolute atomic E-state index is 0.0647. The molecule has 0 spiro atoms. The largest absolute Gasteiger partial charge is 0.471 e. The van der Waals surface area contributed by atoms with E-state index in [1.54, 1.807) is 0 Å². The lowest BCUT2D eigenvalue weighted by molar-refractivity contribution is -0.173. The van der Waals surface area contributed by atoms with Gasteiger partial charge in [-0.05, 0) is 19.4 Å². The maximum Gasteiger partial charge on any atom is 0.471 e. The number of hydrogen-bond donors (Lipinski definition) is 3. The molecule has 0 saturated heterocycles. The predicted molar refractivity (Wildman–Crippen MR) is 54.8 cm³/mol. The third kappa shape index (κ3) is 8.49. The van der Waals surface area contributed by atoms with E-state index in [9.17, 15) is 18.0 Å². The standard InChI is InChI=1S/C9H18F3N3O/c10-9(11,12)8(16)15-6-3-1-2-5-14-7-4-13/h14H,1-7,13H2,(H,15,16). The Hall–Kier alpha value is -0.820. The molecule has 0 aromatic carbocycles. The third-order valence-electron chi connectivity index (χ3n) is 1.89. The molecule has 4 N–H and O–H groups in total. The van der Waals surface area contributed by atoms with Crippen molar-refractivity contribution in [3.8, 4) is 0 Å². The summed E-state index contributed by atoms with van der Waals surface area (Å²) < 4.78 is 35.2. The Kier molecular flexibility index (Phi) is 7.92. The number of alkyl halides is 3. The number of halogens is 3. The van der Waals surface area contributed by atoms with E-state index in [1.807, 2.05) is 5.32 Å². The first-order valence-corrected chi connectivity index (χ1v) is 5.24. The minimum atomic E-state index is -4.78. The van der Waals surface area contributed by atoms with E-state index in [-0.39, 0.29) is 6.54 Å². The lowest BCUT2D eigenvalue weighted by Crippen LogP contribution is -2.37. The highest BCUT2D eigenvalue weighted by Gasteiger charge is 2.37. The molecule has 0 aliphatic heterocycles. The highest BCUT2D eigenvalue weighted by Crippen LogP contribution is 2.13. The van der Waals surface area contributed by atoms with Crippen molar-refractivity contribution >= 4 is 5.91 Å². The number of nitrogens with two attached hydrogens (primary N) is 1. The van der Waals surface area contributed by atoms with Crippen LogP contribution in [0.3, 0.4) is 0 Å². The molecule has 0 saturated carbocycles. The fourth-order valence-electron chi connectivity index (χ4n) is 1.08. The SMILES string of the molecule is NCCNCCCCCNC(=O)C(F)(F)F. The Morgan fingerprint density at radius 2 is 1.69 bits per heavy atom. The molecular weight excluding hydrogens is 223 g/mol. The van der Waals surface area contributed by atoms with Crippen molar-refractivity contribution in [3.05, 3.63) is 0 Å². The quantitative estimate of drug-likeness (QED) is 0.538. The Morgan fingerprint density at radius 3 is 2.25 bits per heavy atom. The maximum atomic E-state index is 11.7. The first kappa shape index (κ1) is 15.2. The molecule has 0 bridgehead atoms. The van der Waals surface area contributed by atoms with E-state index in [0.717, 1.165) is 25.9 Å². The summed E-state index contributed by atoms with van der Waals surface area (Å²) in [5.74, 6) is -1.87. The van der Waals surface area contributed by atoms with Gasteiger partial charge in [-0.15, -0.1) is 0 Å². The van der Waals surface area contributed by atoms with Crippen LogP contribution in [0.2, 0.25) is 0 Å². The van der Waals surface area contributed by atoms with Crippen LogP contribution in [0, 0.1) is 0 Å². The second-order valence-corrected chi connectivity index (χ2v) is 3.35. The number of carbonyl (C=O) groups excluding carboxylic acids is 1. The zero-order valence-electron chi connectivity index (χ0n) is 9.07. The number of amides is 1. The molecule has 0 aliphatic carbocycles. The minimum Gasteiger partial charge on any atom is -0.348 e. The lowest BCUT2D eigenvalue weighted by Gasteiger charge is -2.07. The molecule has 0 heterocycles. The van der Waals surface area contributed by atoms with Crippen LogP contribution in [0.5, 0.6) is 0 Å². The molecule has 0 atom stereocenters. The van der Waals surface area contributed by atoms with Crippen molar-refractivity contribution in [2.24, 2.45) is 5.73 Å². The van der Waals surface area contributed by atoms with Gasteiger partial charge in [0.1, 0.15) is 0 Å². The predicted octanol–water partition coefficient (Wildman–Crippen LogP) is 0.383. The lowest BCUT2D eigenvalue weighted by atomic mass is 10.2. The topological polar surface area (TPSA) is 67.2 Å². The van der Waals surface area contributed by atoms with Crippen LogP contribution in [-0.4, -0.2) is 38.3 Å². The van der Waals surface area contributed by atoms with Crippen LogP contribution in [0.1, 0.15) is 19.3 Å². The molecule has 16 heavy (non-hydrogen) atoms. The van der Waals surface area contributed by atoms with E-state index >= 15 is 0 Å². The van der Waals surface area contributed by atoms with Gasteiger partial charge in [0, 0.05) is 19.6 Å². The zero-order valence-corrected chi connectivity index (χ0v) is 9.07. The van der Waals surface area contributed by atoms with Crippen LogP contribution >= 0.6 is 0 Å². The van der Waals surface area contributed by atoms with Gasteiger partial charge in [0.2, 0.25) is 0 Å². The molecular formula is C9H18F3N3O. The zero-order chi connectivity index (χ0) is 12.4. The molecule has 0 radical (unpaired) electrons. The molecule has 4 nitrogen and oxygen atoms in total. The summed E-state index contributed by atoms with van der Waals surface area (Å²) in [4.78, 5) is 10.4. The van der Waals surface area contributed by atoms with Gasteiger partial charge >= 0.3 is 12.1 Å². The molecule has 0 aliphatic rings. The molecule has 7 heteroatoms. The van der Waals surface area contributed by atoms with E-state index in [0.29, 0.717) is 13.0 Å². The van der Waals surface area contributed by atoms with E-state index in [1.165, 1.54) is 0 Å². The van der Waals surface area contributed by atoms with Gasteiger partial charge in [-0.3, -0.25) is 4.79 Å². The van der Waals surface area contributed by atoms with E-state index in [2.05, 4.69) is 5.32 Å². The van der Waals surface area contributed by atoms with Crippen molar-refractivity contribution in [1.29, 1.82) is 0 Å². The van der Waals surface area contributed by atoms with Gasteiger partial charge < -0.3 is 16.4 Å².